The maximum absolute atomic E-state index is 12.5. The van der Waals surface area contributed by atoms with Gasteiger partial charge >= 0.3 is 0 Å². The predicted molar refractivity (Wildman–Crippen MR) is 91.9 cm³/mol. The van der Waals surface area contributed by atoms with Gasteiger partial charge in [0, 0.05) is 19.7 Å². The Bertz CT molecular complexity index is 673. The van der Waals surface area contributed by atoms with Crippen LogP contribution in [0.1, 0.15) is 30.7 Å². The number of ether oxygens (including phenoxy) is 1. The highest BCUT2D eigenvalue weighted by Crippen LogP contribution is 2.23. The van der Waals surface area contributed by atoms with Crippen LogP contribution in [-0.2, 0) is 16.0 Å². The minimum atomic E-state index is 0.0720. The fraction of sp³-hybridized carbons (Fsp3) is 0.556. The first-order valence-electron chi connectivity index (χ1n) is 8.77. The standard InChI is InChI=1S/C18H25N3O4/c1-13-15(20-18(25-13)16-4-2-10-24-16)12-17(22)21-8-5-14(6-9-21)23-11-3-7-19/h2,4,10,14H,3,5-9,11-12,19H2,1H3. The van der Waals surface area contributed by atoms with Gasteiger partial charge in [0.15, 0.2) is 5.76 Å². The van der Waals surface area contributed by atoms with Crippen molar-refractivity contribution in [3.63, 3.8) is 0 Å². The van der Waals surface area contributed by atoms with Crippen LogP contribution in [0.2, 0.25) is 0 Å². The van der Waals surface area contributed by atoms with Gasteiger partial charge in [0.05, 0.1) is 24.5 Å². The normalized spacial score (nSPS) is 15.7. The predicted octanol–water partition coefficient (Wildman–Crippen LogP) is 2.14. The van der Waals surface area contributed by atoms with Gasteiger partial charge in [-0.3, -0.25) is 4.79 Å². The molecule has 7 heteroatoms. The maximum Gasteiger partial charge on any atom is 0.263 e. The molecule has 2 N–H and O–H groups in total. The molecule has 0 aliphatic carbocycles. The van der Waals surface area contributed by atoms with Crippen molar-refractivity contribution in [2.75, 3.05) is 26.2 Å². The number of aromatic nitrogens is 1. The van der Waals surface area contributed by atoms with Crippen LogP contribution in [0.4, 0.5) is 0 Å². The summed E-state index contributed by atoms with van der Waals surface area (Å²) >= 11 is 0. The Morgan fingerprint density at radius 3 is 2.92 bits per heavy atom. The number of hydrogen-bond acceptors (Lipinski definition) is 6. The number of nitrogens with two attached hydrogens (primary N) is 1. The Morgan fingerprint density at radius 1 is 1.44 bits per heavy atom. The number of furan rings is 1. The highest BCUT2D eigenvalue weighted by Gasteiger charge is 2.25. The monoisotopic (exact) mass is 347 g/mol. The first kappa shape index (κ1) is 17.7. The SMILES string of the molecule is Cc1oc(-c2ccco2)nc1CC(=O)N1CCC(OCCCN)CC1. The molecule has 1 aliphatic rings. The van der Waals surface area contributed by atoms with Gasteiger partial charge in [0.1, 0.15) is 5.76 Å². The van der Waals surface area contributed by atoms with Crippen LogP contribution < -0.4 is 5.73 Å². The van der Waals surface area contributed by atoms with E-state index in [1.807, 2.05) is 11.8 Å². The molecule has 2 aromatic rings. The van der Waals surface area contributed by atoms with E-state index in [4.69, 9.17) is 19.3 Å². The molecule has 1 aliphatic heterocycles. The molecule has 0 atom stereocenters. The van der Waals surface area contributed by atoms with Crippen molar-refractivity contribution in [3.05, 3.63) is 29.9 Å². The topological polar surface area (TPSA) is 94.7 Å². The number of carbonyl (C=O) groups excluding carboxylic acids is 1. The molecule has 1 saturated heterocycles. The van der Waals surface area contributed by atoms with Crippen molar-refractivity contribution in [2.45, 2.75) is 38.7 Å². The Hall–Kier alpha value is -2.12. The number of hydrogen-bond donors (Lipinski definition) is 1. The molecular formula is C18H25N3O4. The van der Waals surface area contributed by atoms with Crippen LogP contribution in [0.25, 0.3) is 11.7 Å². The molecule has 3 heterocycles. The fourth-order valence-electron chi connectivity index (χ4n) is 2.96. The van der Waals surface area contributed by atoms with Crippen LogP contribution in [0.15, 0.2) is 27.2 Å². The molecule has 0 radical (unpaired) electrons. The molecule has 2 aromatic heterocycles. The number of carbonyl (C=O) groups is 1. The summed E-state index contributed by atoms with van der Waals surface area (Å²) in [5.41, 5.74) is 6.14. The van der Waals surface area contributed by atoms with Crippen molar-refractivity contribution >= 4 is 5.91 Å². The van der Waals surface area contributed by atoms with Crippen molar-refractivity contribution in [2.24, 2.45) is 5.73 Å². The van der Waals surface area contributed by atoms with Gasteiger partial charge in [-0.1, -0.05) is 0 Å². The van der Waals surface area contributed by atoms with E-state index in [9.17, 15) is 4.79 Å². The summed E-state index contributed by atoms with van der Waals surface area (Å²) < 4.78 is 16.7. The average molecular weight is 347 g/mol. The van der Waals surface area contributed by atoms with Crippen LogP contribution in [0, 0.1) is 6.92 Å². The lowest BCUT2D eigenvalue weighted by Crippen LogP contribution is -2.41. The fourth-order valence-corrected chi connectivity index (χ4v) is 2.96. The van der Waals surface area contributed by atoms with Gasteiger partial charge in [-0.05, 0) is 44.9 Å². The van der Waals surface area contributed by atoms with Gasteiger partial charge in [0.25, 0.3) is 5.89 Å². The minimum Gasteiger partial charge on any atom is -0.459 e. The lowest BCUT2D eigenvalue weighted by atomic mass is 10.1. The number of rotatable bonds is 7. The third-order valence-corrected chi connectivity index (χ3v) is 4.44. The van der Waals surface area contributed by atoms with Crippen LogP contribution in [-0.4, -0.2) is 48.1 Å². The number of likely N-dealkylation sites (tertiary alicyclic amines) is 1. The Balaban J connectivity index is 1.52. The van der Waals surface area contributed by atoms with E-state index in [0.717, 1.165) is 19.3 Å². The van der Waals surface area contributed by atoms with Crippen molar-refractivity contribution < 1.29 is 18.4 Å². The van der Waals surface area contributed by atoms with E-state index in [-0.39, 0.29) is 18.4 Å². The summed E-state index contributed by atoms with van der Waals surface area (Å²) in [5.74, 6) is 1.71. The molecule has 0 aromatic carbocycles. The Labute approximate surface area is 147 Å². The van der Waals surface area contributed by atoms with E-state index in [2.05, 4.69) is 4.98 Å². The summed E-state index contributed by atoms with van der Waals surface area (Å²) in [6.45, 7) is 4.60. The number of nitrogens with zero attached hydrogens (tertiary/aromatic N) is 2. The summed E-state index contributed by atoms with van der Waals surface area (Å²) in [6, 6.07) is 3.56. The molecule has 1 amide bonds. The van der Waals surface area contributed by atoms with Crippen LogP contribution in [0.3, 0.4) is 0 Å². The van der Waals surface area contributed by atoms with E-state index in [0.29, 0.717) is 49.3 Å². The third-order valence-electron chi connectivity index (χ3n) is 4.44. The highest BCUT2D eigenvalue weighted by atomic mass is 16.5. The van der Waals surface area contributed by atoms with Crippen LogP contribution in [0.5, 0.6) is 0 Å². The molecule has 0 unspecified atom stereocenters. The Kier molecular flexibility index (Phi) is 5.88. The first-order valence-corrected chi connectivity index (χ1v) is 8.77. The average Bonchev–Trinajstić information content (AvgIpc) is 3.26. The molecule has 25 heavy (non-hydrogen) atoms. The van der Waals surface area contributed by atoms with E-state index < -0.39 is 0 Å². The molecule has 1 fully saturated rings. The summed E-state index contributed by atoms with van der Waals surface area (Å²) in [6.07, 6.45) is 4.66. The molecule has 3 rings (SSSR count). The largest absolute Gasteiger partial charge is 0.459 e. The van der Waals surface area contributed by atoms with Crippen molar-refractivity contribution in [1.29, 1.82) is 0 Å². The number of amides is 1. The zero-order valence-electron chi connectivity index (χ0n) is 14.6. The summed E-state index contributed by atoms with van der Waals surface area (Å²) in [7, 11) is 0. The quantitative estimate of drug-likeness (QED) is 0.771. The van der Waals surface area contributed by atoms with Crippen molar-refractivity contribution in [3.8, 4) is 11.7 Å². The summed E-state index contributed by atoms with van der Waals surface area (Å²) in [4.78, 5) is 18.8. The third kappa shape index (κ3) is 4.49. The van der Waals surface area contributed by atoms with Gasteiger partial charge in [-0.25, -0.2) is 4.98 Å². The van der Waals surface area contributed by atoms with Gasteiger partial charge < -0.3 is 24.2 Å². The number of piperidine rings is 1. The minimum absolute atomic E-state index is 0.0720. The maximum atomic E-state index is 12.5. The zero-order valence-corrected chi connectivity index (χ0v) is 14.6. The van der Waals surface area contributed by atoms with E-state index in [1.165, 1.54) is 0 Å². The lowest BCUT2D eigenvalue weighted by molar-refractivity contribution is -0.133. The molecule has 7 nitrogen and oxygen atoms in total. The zero-order chi connectivity index (χ0) is 17.6. The second-order valence-electron chi connectivity index (χ2n) is 6.27. The highest BCUT2D eigenvalue weighted by molar-refractivity contribution is 5.78. The van der Waals surface area contributed by atoms with Crippen molar-refractivity contribution in [1.82, 2.24) is 9.88 Å². The molecule has 0 spiro atoms. The molecule has 136 valence electrons. The van der Waals surface area contributed by atoms with E-state index in [1.54, 1.807) is 18.4 Å². The Morgan fingerprint density at radius 2 is 2.24 bits per heavy atom. The molecular weight excluding hydrogens is 322 g/mol. The first-order chi connectivity index (χ1) is 12.2. The second-order valence-corrected chi connectivity index (χ2v) is 6.27. The molecule has 0 bridgehead atoms. The summed E-state index contributed by atoms with van der Waals surface area (Å²) in [5, 5.41) is 0. The van der Waals surface area contributed by atoms with Gasteiger partial charge in [-0.2, -0.15) is 0 Å². The second kappa shape index (κ2) is 8.31. The van der Waals surface area contributed by atoms with Crippen LogP contribution >= 0.6 is 0 Å². The number of aryl methyl sites for hydroxylation is 1. The van der Waals surface area contributed by atoms with Gasteiger partial charge in [-0.15, -0.1) is 0 Å². The smallest absolute Gasteiger partial charge is 0.263 e. The lowest BCUT2D eigenvalue weighted by Gasteiger charge is -2.32. The number of oxazole rings is 1. The molecule has 0 saturated carbocycles. The van der Waals surface area contributed by atoms with E-state index >= 15 is 0 Å². The van der Waals surface area contributed by atoms with Gasteiger partial charge in [0.2, 0.25) is 5.91 Å².